The van der Waals surface area contributed by atoms with Crippen molar-refractivity contribution in [1.82, 2.24) is 15.5 Å². The van der Waals surface area contributed by atoms with Gasteiger partial charge in [-0.3, -0.25) is 4.79 Å². The van der Waals surface area contributed by atoms with Crippen molar-refractivity contribution in [2.45, 2.75) is 39.3 Å². The first kappa shape index (κ1) is 16.9. The van der Waals surface area contributed by atoms with E-state index in [-0.39, 0.29) is 5.91 Å². The van der Waals surface area contributed by atoms with Gasteiger partial charge in [0.2, 0.25) is 5.91 Å². The SMILES string of the molecule is COC(=O)C(CNCC1CCN(C(C)C)C1)NC(C)=O. The van der Waals surface area contributed by atoms with Gasteiger partial charge < -0.3 is 20.3 Å². The van der Waals surface area contributed by atoms with Crippen LogP contribution in [-0.4, -0.2) is 62.1 Å². The van der Waals surface area contributed by atoms with Gasteiger partial charge in [-0.2, -0.15) is 0 Å². The van der Waals surface area contributed by atoms with E-state index in [4.69, 9.17) is 0 Å². The van der Waals surface area contributed by atoms with Crippen molar-refractivity contribution < 1.29 is 14.3 Å². The zero-order valence-electron chi connectivity index (χ0n) is 12.9. The molecule has 0 bridgehead atoms. The van der Waals surface area contributed by atoms with Gasteiger partial charge in [-0.05, 0) is 39.3 Å². The lowest BCUT2D eigenvalue weighted by molar-refractivity contribution is -0.144. The maximum atomic E-state index is 11.5. The van der Waals surface area contributed by atoms with Gasteiger partial charge in [0.1, 0.15) is 6.04 Å². The number of hydrogen-bond donors (Lipinski definition) is 2. The van der Waals surface area contributed by atoms with E-state index in [1.807, 2.05) is 0 Å². The lowest BCUT2D eigenvalue weighted by atomic mass is 10.1. The zero-order valence-corrected chi connectivity index (χ0v) is 12.9. The van der Waals surface area contributed by atoms with E-state index in [0.29, 0.717) is 18.5 Å². The van der Waals surface area contributed by atoms with Crippen molar-refractivity contribution in [3.63, 3.8) is 0 Å². The van der Waals surface area contributed by atoms with Crippen LogP contribution in [0.1, 0.15) is 27.2 Å². The highest BCUT2D eigenvalue weighted by Crippen LogP contribution is 2.17. The number of carbonyl (C=O) groups excluding carboxylic acids is 2. The Morgan fingerprint density at radius 3 is 2.60 bits per heavy atom. The summed E-state index contributed by atoms with van der Waals surface area (Å²) in [5.41, 5.74) is 0. The van der Waals surface area contributed by atoms with E-state index in [9.17, 15) is 9.59 Å². The van der Waals surface area contributed by atoms with Crippen molar-refractivity contribution in [3.8, 4) is 0 Å². The minimum absolute atomic E-state index is 0.228. The lowest BCUT2D eigenvalue weighted by Gasteiger charge is -2.21. The Hall–Kier alpha value is -1.14. The average Bonchev–Trinajstić information content (AvgIpc) is 2.85. The molecule has 0 radical (unpaired) electrons. The first-order valence-corrected chi connectivity index (χ1v) is 7.23. The third-order valence-electron chi connectivity index (χ3n) is 3.69. The minimum Gasteiger partial charge on any atom is -0.467 e. The van der Waals surface area contributed by atoms with Crippen LogP contribution in [0.15, 0.2) is 0 Å². The maximum Gasteiger partial charge on any atom is 0.329 e. The number of ether oxygens (including phenoxy) is 1. The normalized spacial score (nSPS) is 20.9. The van der Waals surface area contributed by atoms with Crippen molar-refractivity contribution in [1.29, 1.82) is 0 Å². The molecule has 2 atom stereocenters. The molecule has 1 heterocycles. The second kappa shape index (κ2) is 8.21. The molecule has 0 aromatic heterocycles. The van der Waals surface area contributed by atoms with Gasteiger partial charge in [0.05, 0.1) is 7.11 Å². The van der Waals surface area contributed by atoms with Crippen LogP contribution >= 0.6 is 0 Å². The van der Waals surface area contributed by atoms with Gasteiger partial charge in [-0.1, -0.05) is 0 Å². The molecule has 20 heavy (non-hydrogen) atoms. The molecule has 1 amide bonds. The fourth-order valence-corrected chi connectivity index (χ4v) is 2.51. The molecule has 6 nitrogen and oxygen atoms in total. The summed E-state index contributed by atoms with van der Waals surface area (Å²) in [7, 11) is 1.33. The summed E-state index contributed by atoms with van der Waals surface area (Å²) in [6.45, 7) is 9.30. The minimum atomic E-state index is -0.611. The summed E-state index contributed by atoms with van der Waals surface area (Å²) in [6.07, 6.45) is 1.17. The van der Waals surface area contributed by atoms with Crippen molar-refractivity contribution in [3.05, 3.63) is 0 Å². The second-order valence-corrected chi connectivity index (χ2v) is 5.68. The fraction of sp³-hybridized carbons (Fsp3) is 0.857. The Morgan fingerprint density at radius 1 is 1.40 bits per heavy atom. The van der Waals surface area contributed by atoms with Gasteiger partial charge >= 0.3 is 5.97 Å². The summed E-state index contributed by atoms with van der Waals surface area (Å²) in [6, 6.07) is -0.0256. The number of esters is 1. The highest BCUT2D eigenvalue weighted by atomic mass is 16.5. The van der Waals surface area contributed by atoms with E-state index in [2.05, 4.69) is 34.1 Å². The number of carbonyl (C=O) groups is 2. The molecule has 2 N–H and O–H groups in total. The fourth-order valence-electron chi connectivity index (χ4n) is 2.51. The number of methoxy groups -OCH3 is 1. The number of hydrogen-bond acceptors (Lipinski definition) is 5. The molecule has 1 rings (SSSR count). The van der Waals surface area contributed by atoms with E-state index >= 15 is 0 Å². The summed E-state index contributed by atoms with van der Waals surface area (Å²) < 4.78 is 4.68. The topological polar surface area (TPSA) is 70.7 Å². The molecule has 116 valence electrons. The van der Waals surface area contributed by atoms with Gasteiger partial charge in [-0.25, -0.2) is 4.79 Å². The first-order chi connectivity index (χ1) is 9.43. The van der Waals surface area contributed by atoms with Crippen LogP contribution in [0.4, 0.5) is 0 Å². The molecule has 1 aliphatic heterocycles. The van der Waals surface area contributed by atoms with Gasteiger partial charge in [-0.15, -0.1) is 0 Å². The Morgan fingerprint density at radius 2 is 2.10 bits per heavy atom. The second-order valence-electron chi connectivity index (χ2n) is 5.68. The lowest BCUT2D eigenvalue weighted by Crippen LogP contribution is -2.47. The van der Waals surface area contributed by atoms with Crippen LogP contribution < -0.4 is 10.6 Å². The monoisotopic (exact) mass is 285 g/mol. The quantitative estimate of drug-likeness (QED) is 0.644. The molecule has 0 aromatic rings. The van der Waals surface area contributed by atoms with Gasteiger partial charge in [0, 0.05) is 26.1 Å². The Labute approximate surface area is 121 Å². The predicted molar refractivity (Wildman–Crippen MR) is 77.3 cm³/mol. The summed E-state index contributed by atoms with van der Waals surface area (Å²) >= 11 is 0. The van der Waals surface area contributed by atoms with Crippen molar-refractivity contribution >= 4 is 11.9 Å². The van der Waals surface area contributed by atoms with E-state index in [1.54, 1.807) is 0 Å². The van der Waals surface area contributed by atoms with Gasteiger partial charge in [0.25, 0.3) is 0 Å². The smallest absolute Gasteiger partial charge is 0.329 e. The van der Waals surface area contributed by atoms with Crippen LogP contribution in [0.25, 0.3) is 0 Å². The standard InChI is InChI=1S/C14H27N3O3/c1-10(2)17-6-5-12(9-17)7-15-8-13(14(19)20-4)16-11(3)18/h10,12-13,15H,5-9H2,1-4H3,(H,16,18). The van der Waals surface area contributed by atoms with Crippen LogP contribution in [0.2, 0.25) is 0 Å². The molecule has 0 saturated carbocycles. The van der Waals surface area contributed by atoms with Gasteiger partial charge in [0.15, 0.2) is 0 Å². The first-order valence-electron chi connectivity index (χ1n) is 7.23. The summed E-state index contributed by atoms with van der Waals surface area (Å²) in [5.74, 6) is -0.0370. The van der Waals surface area contributed by atoms with E-state index in [1.165, 1.54) is 20.5 Å². The molecule has 2 unspecified atom stereocenters. The number of amides is 1. The average molecular weight is 285 g/mol. The molecule has 1 saturated heterocycles. The van der Waals surface area contributed by atoms with Crippen LogP contribution in [-0.2, 0) is 14.3 Å². The molecule has 0 aromatic carbocycles. The zero-order chi connectivity index (χ0) is 15.1. The van der Waals surface area contributed by atoms with Crippen molar-refractivity contribution in [2.75, 3.05) is 33.3 Å². The summed E-state index contributed by atoms with van der Waals surface area (Å²) in [5, 5.41) is 5.86. The Bertz CT molecular complexity index is 334. The summed E-state index contributed by atoms with van der Waals surface area (Å²) in [4.78, 5) is 25.0. The third-order valence-corrected chi connectivity index (χ3v) is 3.69. The third kappa shape index (κ3) is 5.46. The molecule has 0 spiro atoms. The van der Waals surface area contributed by atoms with Crippen LogP contribution in [0, 0.1) is 5.92 Å². The van der Waals surface area contributed by atoms with Crippen LogP contribution in [0.5, 0.6) is 0 Å². The Kier molecular flexibility index (Phi) is 6.95. The molecule has 1 fully saturated rings. The number of nitrogens with one attached hydrogen (secondary N) is 2. The number of likely N-dealkylation sites (tertiary alicyclic amines) is 1. The maximum absolute atomic E-state index is 11.5. The molecule has 0 aliphatic carbocycles. The van der Waals surface area contributed by atoms with E-state index < -0.39 is 12.0 Å². The van der Waals surface area contributed by atoms with E-state index in [0.717, 1.165) is 19.6 Å². The van der Waals surface area contributed by atoms with Crippen LogP contribution in [0.3, 0.4) is 0 Å². The Balaban J connectivity index is 2.30. The molecule has 6 heteroatoms. The number of rotatable bonds is 7. The number of nitrogens with zero attached hydrogens (tertiary/aromatic N) is 1. The van der Waals surface area contributed by atoms with Crippen molar-refractivity contribution in [2.24, 2.45) is 5.92 Å². The molecule has 1 aliphatic rings. The molecular formula is C14H27N3O3. The highest BCUT2D eigenvalue weighted by Gasteiger charge is 2.25. The molecular weight excluding hydrogens is 258 g/mol. The largest absolute Gasteiger partial charge is 0.467 e. The predicted octanol–water partition coefficient (Wildman–Crippen LogP) is -0.0160. The highest BCUT2D eigenvalue weighted by molar-refractivity contribution is 5.83.